The molecule has 2 atom stereocenters. The predicted octanol–water partition coefficient (Wildman–Crippen LogP) is 2.96. The van der Waals surface area contributed by atoms with E-state index >= 15 is 0 Å². The number of rotatable bonds is 10. The average Bonchev–Trinajstić information content (AvgIpc) is 2.45. The molecule has 3 nitrogen and oxygen atoms in total. The minimum absolute atomic E-state index is 0.651. The summed E-state index contributed by atoms with van der Waals surface area (Å²) < 4.78 is 0. The predicted molar refractivity (Wildman–Crippen MR) is 89.4 cm³/mol. The second kappa shape index (κ2) is 10.6. The zero-order valence-electron chi connectivity index (χ0n) is 14.3. The molecule has 2 unspecified atom stereocenters. The summed E-state index contributed by atoms with van der Waals surface area (Å²) in [6, 6.07) is 1.33. The van der Waals surface area contributed by atoms with Gasteiger partial charge in [0.05, 0.1) is 0 Å². The number of nitrogens with one attached hydrogen (secondary N) is 1. The first-order valence-corrected chi connectivity index (χ1v) is 8.75. The quantitative estimate of drug-likeness (QED) is 0.622. The number of unbranched alkanes of at least 4 members (excludes halogenated alkanes) is 6. The molecule has 0 aliphatic carbocycles. The van der Waals surface area contributed by atoms with Crippen molar-refractivity contribution >= 4 is 0 Å². The van der Waals surface area contributed by atoms with Crippen molar-refractivity contribution in [2.45, 2.75) is 70.4 Å². The molecule has 0 aromatic heterocycles. The molecular weight excluding hydrogens is 246 g/mol. The first kappa shape index (κ1) is 17.9. The molecule has 1 rings (SSSR count). The standard InChI is InChI=1S/C17H37N3/c1-5-6-7-8-9-10-11-12-16(18-2)17-15-19(3)13-14-20(17)4/h16-18H,5-15H2,1-4H3. The van der Waals surface area contributed by atoms with E-state index in [1.807, 2.05) is 0 Å². The molecule has 1 fully saturated rings. The van der Waals surface area contributed by atoms with E-state index in [1.165, 1.54) is 71.0 Å². The molecule has 1 saturated heterocycles. The monoisotopic (exact) mass is 283 g/mol. The van der Waals surface area contributed by atoms with E-state index in [-0.39, 0.29) is 0 Å². The van der Waals surface area contributed by atoms with Crippen LogP contribution in [0.2, 0.25) is 0 Å². The minimum atomic E-state index is 0.651. The number of hydrogen-bond acceptors (Lipinski definition) is 3. The summed E-state index contributed by atoms with van der Waals surface area (Å²) in [6.07, 6.45) is 11.2. The van der Waals surface area contributed by atoms with E-state index < -0.39 is 0 Å². The zero-order chi connectivity index (χ0) is 14.8. The topological polar surface area (TPSA) is 18.5 Å². The third-order valence-corrected chi connectivity index (χ3v) is 4.85. The summed E-state index contributed by atoms with van der Waals surface area (Å²) in [5.74, 6) is 0. The van der Waals surface area contributed by atoms with Gasteiger partial charge in [0.15, 0.2) is 0 Å². The fraction of sp³-hybridized carbons (Fsp3) is 1.00. The van der Waals surface area contributed by atoms with Crippen LogP contribution in [0.4, 0.5) is 0 Å². The highest BCUT2D eigenvalue weighted by Crippen LogP contribution is 2.16. The summed E-state index contributed by atoms with van der Waals surface area (Å²) in [5, 5.41) is 3.57. The van der Waals surface area contributed by atoms with Crippen molar-refractivity contribution in [3.8, 4) is 0 Å². The molecule has 1 heterocycles. The van der Waals surface area contributed by atoms with E-state index in [0.29, 0.717) is 12.1 Å². The van der Waals surface area contributed by atoms with Crippen LogP contribution < -0.4 is 5.32 Å². The van der Waals surface area contributed by atoms with Crippen LogP contribution in [0.25, 0.3) is 0 Å². The lowest BCUT2D eigenvalue weighted by Gasteiger charge is -2.42. The van der Waals surface area contributed by atoms with Gasteiger partial charge in [-0.3, -0.25) is 4.90 Å². The van der Waals surface area contributed by atoms with Gasteiger partial charge in [-0.05, 0) is 27.6 Å². The highest BCUT2D eigenvalue weighted by Gasteiger charge is 2.28. The van der Waals surface area contributed by atoms with Crippen LogP contribution in [0.5, 0.6) is 0 Å². The number of nitrogens with zero attached hydrogens (tertiary/aromatic N) is 2. The highest BCUT2D eigenvalue weighted by molar-refractivity contribution is 4.88. The zero-order valence-corrected chi connectivity index (χ0v) is 14.3. The summed E-state index contributed by atoms with van der Waals surface area (Å²) in [7, 11) is 6.67. The van der Waals surface area contributed by atoms with E-state index in [0.717, 1.165) is 0 Å². The van der Waals surface area contributed by atoms with Gasteiger partial charge in [-0.15, -0.1) is 0 Å². The van der Waals surface area contributed by atoms with E-state index in [1.54, 1.807) is 0 Å². The van der Waals surface area contributed by atoms with Crippen LogP contribution in [0.1, 0.15) is 58.3 Å². The van der Waals surface area contributed by atoms with Gasteiger partial charge in [-0.2, -0.15) is 0 Å². The summed E-state index contributed by atoms with van der Waals surface area (Å²) >= 11 is 0. The SMILES string of the molecule is CCCCCCCCCC(NC)C1CN(C)CCN1C. The number of piperazine rings is 1. The molecular formula is C17H37N3. The lowest BCUT2D eigenvalue weighted by atomic mass is 9.97. The van der Waals surface area contributed by atoms with Gasteiger partial charge in [0.1, 0.15) is 0 Å². The van der Waals surface area contributed by atoms with Crippen molar-refractivity contribution in [2.75, 3.05) is 40.8 Å². The van der Waals surface area contributed by atoms with Crippen molar-refractivity contribution in [3.63, 3.8) is 0 Å². The summed E-state index contributed by atoms with van der Waals surface area (Å²) in [6.45, 7) is 5.91. The van der Waals surface area contributed by atoms with Gasteiger partial charge in [0, 0.05) is 31.7 Å². The van der Waals surface area contributed by atoms with Crippen molar-refractivity contribution in [1.82, 2.24) is 15.1 Å². The molecule has 0 aromatic carbocycles. The molecule has 0 bridgehead atoms. The Kier molecular flexibility index (Phi) is 9.49. The Labute approximate surface area is 127 Å². The lowest BCUT2D eigenvalue weighted by Crippen LogP contribution is -2.58. The maximum atomic E-state index is 3.57. The fourth-order valence-electron chi connectivity index (χ4n) is 3.33. The molecule has 0 aromatic rings. The van der Waals surface area contributed by atoms with Crippen molar-refractivity contribution in [2.24, 2.45) is 0 Å². The van der Waals surface area contributed by atoms with Gasteiger partial charge in [-0.1, -0.05) is 51.9 Å². The van der Waals surface area contributed by atoms with Gasteiger partial charge in [0.2, 0.25) is 0 Å². The minimum Gasteiger partial charge on any atom is -0.315 e. The van der Waals surface area contributed by atoms with Crippen molar-refractivity contribution in [1.29, 1.82) is 0 Å². The van der Waals surface area contributed by atoms with Gasteiger partial charge in [0.25, 0.3) is 0 Å². The van der Waals surface area contributed by atoms with E-state index in [9.17, 15) is 0 Å². The van der Waals surface area contributed by atoms with Crippen molar-refractivity contribution in [3.05, 3.63) is 0 Å². The highest BCUT2D eigenvalue weighted by atomic mass is 15.3. The average molecular weight is 284 g/mol. The fourth-order valence-corrected chi connectivity index (χ4v) is 3.33. The Balaban J connectivity index is 2.18. The first-order valence-electron chi connectivity index (χ1n) is 8.75. The van der Waals surface area contributed by atoms with Gasteiger partial charge in [-0.25, -0.2) is 0 Å². The van der Waals surface area contributed by atoms with E-state index in [2.05, 4.69) is 43.2 Å². The van der Waals surface area contributed by atoms with Crippen LogP contribution in [-0.4, -0.2) is 62.7 Å². The Morgan fingerprint density at radius 1 is 1.00 bits per heavy atom. The first-order chi connectivity index (χ1) is 9.69. The van der Waals surface area contributed by atoms with E-state index in [4.69, 9.17) is 0 Å². The van der Waals surface area contributed by atoms with Gasteiger partial charge < -0.3 is 10.2 Å². The van der Waals surface area contributed by atoms with Crippen LogP contribution in [-0.2, 0) is 0 Å². The Hall–Kier alpha value is -0.120. The molecule has 0 saturated carbocycles. The second-order valence-electron chi connectivity index (χ2n) is 6.62. The number of hydrogen-bond donors (Lipinski definition) is 1. The Bertz CT molecular complexity index is 232. The third kappa shape index (κ3) is 6.55. The maximum Gasteiger partial charge on any atom is 0.0373 e. The lowest BCUT2D eigenvalue weighted by molar-refractivity contribution is 0.0866. The summed E-state index contributed by atoms with van der Waals surface area (Å²) in [5.41, 5.74) is 0. The largest absolute Gasteiger partial charge is 0.315 e. The molecule has 1 aliphatic rings. The van der Waals surface area contributed by atoms with Crippen LogP contribution in [0.15, 0.2) is 0 Å². The molecule has 120 valence electrons. The third-order valence-electron chi connectivity index (χ3n) is 4.85. The molecule has 1 N–H and O–H groups in total. The smallest absolute Gasteiger partial charge is 0.0373 e. The molecule has 0 radical (unpaired) electrons. The van der Waals surface area contributed by atoms with Gasteiger partial charge >= 0.3 is 0 Å². The molecule has 1 aliphatic heterocycles. The van der Waals surface area contributed by atoms with Crippen LogP contribution in [0.3, 0.4) is 0 Å². The van der Waals surface area contributed by atoms with Crippen LogP contribution >= 0.6 is 0 Å². The molecule has 3 heteroatoms. The Morgan fingerprint density at radius 3 is 2.30 bits per heavy atom. The molecule has 20 heavy (non-hydrogen) atoms. The Morgan fingerprint density at radius 2 is 1.65 bits per heavy atom. The normalized spacial score (nSPS) is 23.1. The van der Waals surface area contributed by atoms with Crippen molar-refractivity contribution < 1.29 is 0 Å². The molecule has 0 spiro atoms. The maximum absolute atomic E-state index is 3.57. The number of likely N-dealkylation sites (N-methyl/N-ethyl adjacent to an activating group) is 3. The summed E-state index contributed by atoms with van der Waals surface area (Å²) in [4.78, 5) is 5.02. The second-order valence-corrected chi connectivity index (χ2v) is 6.62. The molecule has 0 amide bonds. The van der Waals surface area contributed by atoms with Crippen LogP contribution in [0, 0.1) is 0 Å².